The highest BCUT2D eigenvalue weighted by Crippen LogP contribution is 2.33. The average Bonchev–Trinajstić information content (AvgIpc) is 2.47. The van der Waals surface area contributed by atoms with Crippen molar-refractivity contribution in [3.63, 3.8) is 0 Å². The molecule has 2 aromatic rings. The normalized spacial score (nSPS) is 10.6. The number of rotatable bonds is 5. The SMILES string of the molecule is CC(C)N(CCC#N)c1ccc([N+](=O)[O-])c2ncccc12. The molecule has 6 nitrogen and oxygen atoms in total. The Morgan fingerprint density at radius 3 is 2.81 bits per heavy atom. The van der Waals surface area contributed by atoms with E-state index in [0.29, 0.717) is 18.5 Å². The quantitative estimate of drug-likeness (QED) is 0.621. The topological polar surface area (TPSA) is 83.1 Å². The summed E-state index contributed by atoms with van der Waals surface area (Å²) in [5, 5.41) is 20.6. The molecule has 0 spiro atoms. The molecule has 1 heterocycles. The predicted molar refractivity (Wildman–Crippen MR) is 81.1 cm³/mol. The standard InChI is InChI=1S/C15H16N4O2/c1-11(2)18(10-4-8-16)13-6-7-14(19(20)21)15-12(13)5-3-9-17-15/h3,5-7,9,11H,4,10H2,1-2H3. The van der Waals surface area contributed by atoms with Gasteiger partial charge in [0.1, 0.15) is 5.52 Å². The predicted octanol–water partition coefficient (Wildman–Crippen LogP) is 3.27. The lowest BCUT2D eigenvalue weighted by molar-refractivity contribution is -0.383. The van der Waals surface area contributed by atoms with E-state index in [-0.39, 0.29) is 11.7 Å². The minimum atomic E-state index is -0.423. The first-order valence-corrected chi connectivity index (χ1v) is 6.72. The molecule has 0 atom stereocenters. The van der Waals surface area contributed by atoms with Crippen molar-refractivity contribution in [2.45, 2.75) is 26.3 Å². The summed E-state index contributed by atoms with van der Waals surface area (Å²) in [6.45, 7) is 4.64. The molecule has 0 aliphatic rings. The van der Waals surface area contributed by atoms with Crippen LogP contribution >= 0.6 is 0 Å². The summed E-state index contributed by atoms with van der Waals surface area (Å²) in [5.41, 5.74) is 1.25. The van der Waals surface area contributed by atoms with E-state index in [0.717, 1.165) is 11.1 Å². The van der Waals surface area contributed by atoms with E-state index in [1.54, 1.807) is 18.3 Å². The van der Waals surface area contributed by atoms with Crippen LogP contribution in [0.4, 0.5) is 11.4 Å². The Labute approximate surface area is 122 Å². The number of nitrogens with zero attached hydrogens (tertiary/aromatic N) is 4. The van der Waals surface area contributed by atoms with Gasteiger partial charge in [0.05, 0.1) is 17.4 Å². The van der Waals surface area contributed by atoms with Crippen molar-refractivity contribution >= 4 is 22.3 Å². The van der Waals surface area contributed by atoms with Crippen LogP contribution in [0.2, 0.25) is 0 Å². The van der Waals surface area contributed by atoms with Crippen molar-refractivity contribution in [2.24, 2.45) is 0 Å². The number of hydrogen-bond donors (Lipinski definition) is 0. The van der Waals surface area contributed by atoms with Crippen molar-refractivity contribution in [3.05, 3.63) is 40.6 Å². The lowest BCUT2D eigenvalue weighted by atomic mass is 10.1. The number of pyridine rings is 1. The molecule has 0 N–H and O–H groups in total. The molecule has 0 bridgehead atoms. The van der Waals surface area contributed by atoms with Gasteiger partial charge in [-0.3, -0.25) is 10.1 Å². The van der Waals surface area contributed by atoms with E-state index in [1.807, 2.05) is 19.9 Å². The molecule has 0 amide bonds. The van der Waals surface area contributed by atoms with Gasteiger partial charge >= 0.3 is 0 Å². The average molecular weight is 284 g/mol. The number of non-ortho nitro benzene ring substituents is 1. The minimum Gasteiger partial charge on any atom is -0.368 e. The second kappa shape index (κ2) is 6.18. The molecule has 1 aromatic carbocycles. The lowest BCUT2D eigenvalue weighted by Crippen LogP contribution is -2.31. The van der Waals surface area contributed by atoms with E-state index in [2.05, 4.69) is 16.0 Å². The summed E-state index contributed by atoms with van der Waals surface area (Å²) in [6.07, 6.45) is 1.95. The molecule has 0 unspecified atom stereocenters. The van der Waals surface area contributed by atoms with Crippen molar-refractivity contribution in [1.29, 1.82) is 5.26 Å². The van der Waals surface area contributed by atoms with Crippen LogP contribution in [0.5, 0.6) is 0 Å². The van der Waals surface area contributed by atoms with E-state index >= 15 is 0 Å². The first-order chi connectivity index (χ1) is 10.1. The van der Waals surface area contributed by atoms with Gasteiger partial charge in [0, 0.05) is 35.9 Å². The maximum absolute atomic E-state index is 11.1. The van der Waals surface area contributed by atoms with Crippen LogP contribution in [0.15, 0.2) is 30.5 Å². The van der Waals surface area contributed by atoms with Crippen LogP contribution in [-0.4, -0.2) is 22.5 Å². The summed E-state index contributed by atoms with van der Waals surface area (Å²) in [5.74, 6) is 0. The number of nitro groups is 1. The third-order valence-corrected chi connectivity index (χ3v) is 3.32. The highest BCUT2D eigenvalue weighted by molar-refractivity contribution is 5.97. The third kappa shape index (κ3) is 2.92. The van der Waals surface area contributed by atoms with Crippen molar-refractivity contribution < 1.29 is 4.92 Å². The maximum Gasteiger partial charge on any atom is 0.295 e. The molecular formula is C15H16N4O2. The second-order valence-electron chi connectivity index (χ2n) is 4.96. The zero-order valence-electron chi connectivity index (χ0n) is 12.0. The maximum atomic E-state index is 11.1. The Bertz CT molecular complexity index is 706. The highest BCUT2D eigenvalue weighted by atomic mass is 16.6. The lowest BCUT2D eigenvalue weighted by Gasteiger charge is -2.29. The minimum absolute atomic E-state index is 0.00154. The monoisotopic (exact) mass is 284 g/mol. The third-order valence-electron chi connectivity index (χ3n) is 3.32. The Kier molecular flexibility index (Phi) is 4.33. The first-order valence-electron chi connectivity index (χ1n) is 6.72. The van der Waals surface area contributed by atoms with Gasteiger partial charge in [-0.1, -0.05) is 0 Å². The second-order valence-corrected chi connectivity index (χ2v) is 4.96. The van der Waals surface area contributed by atoms with Gasteiger partial charge < -0.3 is 4.90 Å². The van der Waals surface area contributed by atoms with Crippen LogP contribution < -0.4 is 4.90 Å². The number of nitro benzene ring substituents is 1. The molecule has 0 fully saturated rings. The summed E-state index contributed by atoms with van der Waals surface area (Å²) in [7, 11) is 0. The molecule has 108 valence electrons. The van der Waals surface area contributed by atoms with Crippen LogP contribution in [0.1, 0.15) is 20.3 Å². The molecule has 0 radical (unpaired) electrons. The molecule has 2 rings (SSSR count). The Morgan fingerprint density at radius 1 is 1.43 bits per heavy atom. The Hall–Kier alpha value is -2.68. The Morgan fingerprint density at radius 2 is 2.19 bits per heavy atom. The van der Waals surface area contributed by atoms with Crippen LogP contribution in [0, 0.1) is 21.4 Å². The number of nitriles is 1. The van der Waals surface area contributed by atoms with Crippen molar-refractivity contribution in [3.8, 4) is 6.07 Å². The van der Waals surface area contributed by atoms with Gasteiger partial charge in [0.15, 0.2) is 0 Å². The highest BCUT2D eigenvalue weighted by Gasteiger charge is 2.19. The van der Waals surface area contributed by atoms with Crippen LogP contribution in [-0.2, 0) is 0 Å². The smallest absolute Gasteiger partial charge is 0.295 e. The molecule has 1 aromatic heterocycles. The number of anilines is 1. The molecule has 0 aliphatic carbocycles. The van der Waals surface area contributed by atoms with E-state index in [9.17, 15) is 10.1 Å². The first kappa shape index (κ1) is 14.7. The Balaban J connectivity index is 2.61. The summed E-state index contributed by atoms with van der Waals surface area (Å²) in [6, 6.07) is 9.12. The molecule has 0 aliphatic heterocycles. The molecule has 0 saturated carbocycles. The fourth-order valence-corrected chi connectivity index (χ4v) is 2.37. The van der Waals surface area contributed by atoms with Gasteiger partial charge in [-0.2, -0.15) is 5.26 Å². The van der Waals surface area contributed by atoms with Crippen LogP contribution in [0.3, 0.4) is 0 Å². The summed E-state index contributed by atoms with van der Waals surface area (Å²) in [4.78, 5) is 16.9. The van der Waals surface area contributed by atoms with Gasteiger partial charge in [-0.25, -0.2) is 4.98 Å². The fraction of sp³-hybridized carbons (Fsp3) is 0.333. The van der Waals surface area contributed by atoms with E-state index in [1.165, 1.54) is 6.07 Å². The van der Waals surface area contributed by atoms with Gasteiger partial charge in [-0.05, 0) is 32.0 Å². The number of fused-ring (bicyclic) bond motifs is 1. The summed E-state index contributed by atoms with van der Waals surface area (Å²) < 4.78 is 0. The van der Waals surface area contributed by atoms with Gasteiger partial charge in [0.2, 0.25) is 0 Å². The number of aromatic nitrogens is 1. The molecule has 6 heteroatoms. The molecule has 21 heavy (non-hydrogen) atoms. The molecular weight excluding hydrogens is 268 g/mol. The summed E-state index contributed by atoms with van der Waals surface area (Å²) >= 11 is 0. The van der Waals surface area contributed by atoms with Crippen molar-refractivity contribution in [1.82, 2.24) is 4.98 Å². The van der Waals surface area contributed by atoms with Gasteiger partial charge in [0.25, 0.3) is 5.69 Å². The zero-order chi connectivity index (χ0) is 15.4. The fourth-order valence-electron chi connectivity index (χ4n) is 2.37. The van der Waals surface area contributed by atoms with Crippen LogP contribution in [0.25, 0.3) is 10.9 Å². The molecule has 0 saturated heterocycles. The zero-order valence-corrected chi connectivity index (χ0v) is 12.0. The number of hydrogen-bond acceptors (Lipinski definition) is 5. The largest absolute Gasteiger partial charge is 0.368 e. The number of benzene rings is 1. The van der Waals surface area contributed by atoms with E-state index in [4.69, 9.17) is 5.26 Å². The van der Waals surface area contributed by atoms with E-state index < -0.39 is 4.92 Å². The van der Waals surface area contributed by atoms with Crippen molar-refractivity contribution in [2.75, 3.05) is 11.4 Å². The van der Waals surface area contributed by atoms with Gasteiger partial charge in [-0.15, -0.1) is 0 Å².